The van der Waals surface area contributed by atoms with E-state index in [2.05, 4.69) is 35.3 Å². The highest BCUT2D eigenvalue weighted by Crippen LogP contribution is 2.20. The van der Waals surface area contributed by atoms with Gasteiger partial charge in [-0.25, -0.2) is 5.43 Å². The second-order valence-corrected chi connectivity index (χ2v) is 7.02. The van der Waals surface area contributed by atoms with Gasteiger partial charge < -0.3 is 19.3 Å². The van der Waals surface area contributed by atoms with Crippen LogP contribution in [0.5, 0.6) is 0 Å². The summed E-state index contributed by atoms with van der Waals surface area (Å²) in [6.45, 7) is 5.29. The molecule has 0 atom stereocenters. The van der Waals surface area contributed by atoms with Crippen LogP contribution >= 0.6 is 0 Å². The smallest absolute Gasteiger partial charge is 0.276 e. The number of allylic oxidation sites excluding steroid dienone is 1. The molecule has 4 rings (SSSR count). The van der Waals surface area contributed by atoms with E-state index in [4.69, 9.17) is 9.47 Å². The number of hydrogen-bond donors (Lipinski definition) is 1. The quantitative estimate of drug-likeness (QED) is 0.384. The zero-order valence-electron chi connectivity index (χ0n) is 17.5. The first kappa shape index (κ1) is 21.6. The van der Waals surface area contributed by atoms with Gasteiger partial charge >= 0.3 is 0 Å². The van der Waals surface area contributed by atoms with Gasteiger partial charge in [0.2, 0.25) is 17.8 Å². The highest BCUT2D eigenvalue weighted by Gasteiger charge is 2.20. The van der Waals surface area contributed by atoms with Gasteiger partial charge in [-0.05, 0) is 18.2 Å². The number of para-hydroxylation sites is 1. The number of rotatable bonds is 7. The van der Waals surface area contributed by atoms with Crippen LogP contribution in [0.3, 0.4) is 0 Å². The molecule has 0 bridgehead atoms. The van der Waals surface area contributed by atoms with Gasteiger partial charge in [0.1, 0.15) is 0 Å². The number of benzene rings is 1. The molecule has 1 aromatic carbocycles. The molecule has 1 aromatic heterocycles. The zero-order chi connectivity index (χ0) is 22.2. The Hall–Kier alpha value is -3.64. The molecule has 0 saturated carbocycles. The van der Waals surface area contributed by atoms with E-state index in [0.717, 1.165) is 0 Å². The maximum atomic E-state index is 11.1. The number of nitrogens with one attached hydrogen (secondary N) is 1. The van der Waals surface area contributed by atoms with Gasteiger partial charge in [-0.15, -0.1) is 0 Å². The fraction of sp³-hybridized carbons (Fsp3) is 0.400. The molecule has 0 unspecified atom stereocenters. The summed E-state index contributed by atoms with van der Waals surface area (Å²) in [5, 5.41) is 15.2. The molecule has 0 radical (unpaired) electrons. The lowest BCUT2D eigenvalue weighted by Gasteiger charge is -2.30. The van der Waals surface area contributed by atoms with Crippen molar-refractivity contribution in [3.05, 3.63) is 46.0 Å². The van der Waals surface area contributed by atoms with Gasteiger partial charge in [0.15, 0.2) is 0 Å². The number of nitro groups is 1. The van der Waals surface area contributed by atoms with E-state index in [-0.39, 0.29) is 5.69 Å². The summed E-state index contributed by atoms with van der Waals surface area (Å²) < 4.78 is 10.8. The first-order valence-electron chi connectivity index (χ1n) is 10.3. The van der Waals surface area contributed by atoms with Crippen molar-refractivity contribution >= 4 is 35.8 Å². The Morgan fingerprint density at radius 3 is 2.16 bits per heavy atom. The van der Waals surface area contributed by atoms with Crippen LogP contribution < -0.4 is 15.2 Å². The molecule has 3 heterocycles. The van der Waals surface area contributed by atoms with E-state index in [0.29, 0.717) is 76.0 Å². The largest absolute Gasteiger partial charge is 0.378 e. The third-order valence-electron chi connectivity index (χ3n) is 4.93. The predicted molar refractivity (Wildman–Crippen MR) is 120 cm³/mol. The topological polar surface area (TPSA) is 131 Å². The molecule has 12 nitrogen and oxygen atoms in total. The highest BCUT2D eigenvalue weighted by atomic mass is 16.6. The van der Waals surface area contributed by atoms with E-state index in [9.17, 15) is 10.1 Å². The first-order valence-corrected chi connectivity index (χ1v) is 10.3. The second-order valence-electron chi connectivity index (χ2n) is 7.02. The predicted octanol–water partition coefficient (Wildman–Crippen LogP) is 1.56. The maximum Gasteiger partial charge on any atom is 0.276 e. The SMILES string of the molecule is O=[N+]([O-])c1ccccc1C=CC=NNc1nc(N2CCOCC2)nc(N2CCOCC2)n1. The van der Waals surface area contributed by atoms with Crippen molar-refractivity contribution < 1.29 is 14.4 Å². The molecule has 12 heteroatoms. The van der Waals surface area contributed by atoms with E-state index in [1.807, 2.05) is 0 Å². The number of morpholine rings is 2. The third-order valence-corrected chi connectivity index (χ3v) is 4.93. The molecule has 2 aliphatic rings. The number of aromatic nitrogens is 3. The highest BCUT2D eigenvalue weighted by molar-refractivity contribution is 5.80. The average Bonchev–Trinajstić information content (AvgIpc) is 2.85. The number of nitrogens with zero attached hydrogens (tertiary/aromatic N) is 7. The van der Waals surface area contributed by atoms with Gasteiger partial charge in [0, 0.05) is 38.5 Å². The number of hydrazone groups is 1. The van der Waals surface area contributed by atoms with Gasteiger partial charge in [-0.1, -0.05) is 12.1 Å². The van der Waals surface area contributed by atoms with Crippen molar-refractivity contribution in [1.29, 1.82) is 0 Å². The monoisotopic (exact) mass is 440 g/mol. The summed E-state index contributed by atoms with van der Waals surface area (Å²) >= 11 is 0. The minimum absolute atomic E-state index is 0.0351. The van der Waals surface area contributed by atoms with E-state index >= 15 is 0 Å². The van der Waals surface area contributed by atoms with Crippen LogP contribution in [0.4, 0.5) is 23.5 Å². The lowest BCUT2D eigenvalue weighted by Crippen LogP contribution is -2.40. The Kier molecular flexibility index (Phi) is 7.15. The summed E-state index contributed by atoms with van der Waals surface area (Å²) in [5.74, 6) is 1.45. The number of anilines is 3. The summed E-state index contributed by atoms with van der Waals surface area (Å²) in [5.41, 5.74) is 3.36. The van der Waals surface area contributed by atoms with Crippen LogP contribution in [0.2, 0.25) is 0 Å². The molecular weight excluding hydrogens is 416 g/mol. The van der Waals surface area contributed by atoms with Crippen LogP contribution in [0.1, 0.15) is 5.56 Å². The lowest BCUT2D eigenvalue weighted by atomic mass is 10.2. The Balaban J connectivity index is 1.48. The molecule has 2 fully saturated rings. The molecule has 2 saturated heterocycles. The molecule has 2 aliphatic heterocycles. The Bertz CT molecular complexity index is 951. The molecule has 32 heavy (non-hydrogen) atoms. The number of nitro benzene ring substituents is 1. The zero-order valence-corrected chi connectivity index (χ0v) is 17.5. The standard InChI is InChI=1S/C20H24N8O4/c29-28(30)17-6-2-1-4-16(17)5-3-7-21-25-18-22-19(26-8-12-31-13-9-26)24-20(23-18)27-10-14-32-15-11-27/h1-7H,8-15H2,(H,22,23,24,25). The summed E-state index contributed by atoms with van der Waals surface area (Å²) in [7, 11) is 0. The molecule has 0 amide bonds. The van der Waals surface area contributed by atoms with Crippen LogP contribution in [0, 0.1) is 10.1 Å². The maximum absolute atomic E-state index is 11.1. The molecule has 0 spiro atoms. The molecule has 2 aromatic rings. The summed E-state index contributed by atoms with van der Waals surface area (Å²) in [4.78, 5) is 28.4. The van der Waals surface area contributed by atoms with E-state index < -0.39 is 4.92 Å². The van der Waals surface area contributed by atoms with Crippen molar-refractivity contribution in [2.45, 2.75) is 0 Å². The number of ether oxygens (including phenoxy) is 2. The van der Waals surface area contributed by atoms with E-state index in [1.165, 1.54) is 12.3 Å². The van der Waals surface area contributed by atoms with Crippen molar-refractivity contribution in [1.82, 2.24) is 15.0 Å². The average molecular weight is 440 g/mol. The normalized spacial score (nSPS) is 17.2. The third kappa shape index (κ3) is 5.53. The fourth-order valence-electron chi connectivity index (χ4n) is 3.29. The van der Waals surface area contributed by atoms with Gasteiger partial charge in [0.05, 0.1) is 36.9 Å². The fourth-order valence-corrected chi connectivity index (χ4v) is 3.29. The van der Waals surface area contributed by atoms with Crippen molar-refractivity contribution in [2.24, 2.45) is 5.10 Å². The van der Waals surface area contributed by atoms with E-state index in [1.54, 1.807) is 30.4 Å². The van der Waals surface area contributed by atoms with Crippen molar-refractivity contribution in [3.8, 4) is 0 Å². The molecular formula is C20H24N8O4. The van der Waals surface area contributed by atoms with Gasteiger partial charge in [-0.3, -0.25) is 10.1 Å². The Morgan fingerprint density at radius 2 is 1.56 bits per heavy atom. The van der Waals surface area contributed by atoms with Crippen LogP contribution in [-0.4, -0.2) is 78.7 Å². The van der Waals surface area contributed by atoms with Crippen LogP contribution in [0.25, 0.3) is 6.08 Å². The van der Waals surface area contributed by atoms with Crippen molar-refractivity contribution in [2.75, 3.05) is 67.8 Å². The Morgan fingerprint density at radius 1 is 0.969 bits per heavy atom. The van der Waals surface area contributed by atoms with Crippen LogP contribution in [-0.2, 0) is 9.47 Å². The van der Waals surface area contributed by atoms with Crippen molar-refractivity contribution in [3.63, 3.8) is 0 Å². The Labute approximate surface area is 184 Å². The molecule has 0 aliphatic carbocycles. The first-order chi connectivity index (χ1) is 15.7. The minimum Gasteiger partial charge on any atom is -0.378 e. The summed E-state index contributed by atoms with van der Waals surface area (Å²) in [6, 6.07) is 6.50. The lowest BCUT2D eigenvalue weighted by molar-refractivity contribution is -0.385. The number of hydrogen-bond acceptors (Lipinski definition) is 11. The summed E-state index contributed by atoms with van der Waals surface area (Å²) in [6.07, 6.45) is 4.72. The molecule has 168 valence electrons. The van der Waals surface area contributed by atoms with Gasteiger partial charge in [-0.2, -0.15) is 20.1 Å². The molecule has 1 N–H and O–H groups in total. The second kappa shape index (κ2) is 10.6. The van der Waals surface area contributed by atoms with Crippen LogP contribution in [0.15, 0.2) is 35.4 Å². The minimum atomic E-state index is -0.416. The van der Waals surface area contributed by atoms with Gasteiger partial charge in [0.25, 0.3) is 5.69 Å².